The van der Waals surface area contributed by atoms with Gasteiger partial charge in [0.2, 0.25) is 10.0 Å². The average Bonchev–Trinajstić information content (AvgIpc) is 2.71. The molecular weight excluding hydrogens is 264 g/mol. The van der Waals surface area contributed by atoms with Gasteiger partial charge in [-0.2, -0.15) is 0 Å². The number of hydrogen-bond acceptors (Lipinski definition) is 4. The Bertz CT molecular complexity index is 521. The van der Waals surface area contributed by atoms with Crippen LogP contribution in [0.5, 0.6) is 0 Å². The Morgan fingerprint density at radius 2 is 2.25 bits per heavy atom. The smallest absolute Gasteiger partial charge is 0.250 e. The summed E-state index contributed by atoms with van der Waals surface area (Å²) in [6, 6.07) is 3.26. The average molecular weight is 276 g/mol. The molecule has 3 N–H and O–H groups in total. The lowest BCUT2D eigenvalue weighted by Gasteiger charge is -2.02. The van der Waals surface area contributed by atoms with Gasteiger partial charge in [0.15, 0.2) is 0 Å². The Hall–Kier alpha value is -0.500. The largest absolute Gasteiger partial charge is 0.389 e. The van der Waals surface area contributed by atoms with E-state index in [0.717, 1.165) is 17.8 Å². The second kappa shape index (κ2) is 4.06. The van der Waals surface area contributed by atoms with Crippen LogP contribution in [0.15, 0.2) is 16.3 Å². The van der Waals surface area contributed by atoms with Crippen molar-refractivity contribution in [1.29, 1.82) is 0 Å². The molecule has 2 atom stereocenters. The van der Waals surface area contributed by atoms with Gasteiger partial charge in [-0.15, -0.1) is 11.3 Å². The van der Waals surface area contributed by atoms with Crippen LogP contribution in [0.2, 0.25) is 0 Å². The third-order valence-electron chi connectivity index (χ3n) is 2.51. The van der Waals surface area contributed by atoms with Gasteiger partial charge in [0, 0.05) is 6.04 Å². The number of nitrogens with two attached hydrogens (primary N) is 1. The zero-order valence-corrected chi connectivity index (χ0v) is 11.1. The Kier molecular flexibility index (Phi) is 3.04. The maximum atomic E-state index is 11.9. The molecule has 0 radical (unpaired) electrons. The molecule has 1 fully saturated rings. The molecule has 1 heterocycles. The van der Waals surface area contributed by atoms with Crippen molar-refractivity contribution in [3.05, 3.63) is 17.0 Å². The van der Waals surface area contributed by atoms with Crippen molar-refractivity contribution in [3.63, 3.8) is 0 Å². The zero-order valence-electron chi connectivity index (χ0n) is 8.64. The highest BCUT2D eigenvalue weighted by molar-refractivity contribution is 7.91. The molecule has 16 heavy (non-hydrogen) atoms. The fourth-order valence-electron chi connectivity index (χ4n) is 1.34. The second-order valence-electron chi connectivity index (χ2n) is 3.92. The van der Waals surface area contributed by atoms with Crippen LogP contribution in [0.1, 0.15) is 18.2 Å². The maximum Gasteiger partial charge on any atom is 0.250 e. The minimum absolute atomic E-state index is 0.0837. The van der Waals surface area contributed by atoms with E-state index in [-0.39, 0.29) is 15.2 Å². The summed E-state index contributed by atoms with van der Waals surface area (Å²) in [5.74, 6) is 0.435. The van der Waals surface area contributed by atoms with Crippen molar-refractivity contribution in [1.82, 2.24) is 4.72 Å². The first-order chi connectivity index (χ1) is 7.40. The van der Waals surface area contributed by atoms with E-state index in [4.69, 9.17) is 18.0 Å². The molecular formula is C9H12N2O2S3. The van der Waals surface area contributed by atoms with Gasteiger partial charge in [0.25, 0.3) is 0 Å². The van der Waals surface area contributed by atoms with E-state index in [1.54, 1.807) is 6.07 Å². The van der Waals surface area contributed by atoms with Crippen molar-refractivity contribution < 1.29 is 8.42 Å². The molecule has 1 aromatic heterocycles. The third-order valence-corrected chi connectivity index (χ3v) is 5.95. The van der Waals surface area contributed by atoms with Gasteiger partial charge in [-0.25, -0.2) is 13.1 Å². The van der Waals surface area contributed by atoms with E-state index in [2.05, 4.69) is 4.72 Å². The van der Waals surface area contributed by atoms with Gasteiger partial charge >= 0.3 is 0 Å². The molecule has 0 saturated heterocycles. The lowest BCUT2D eigenvalue weighted by Crippen LogP contribution is -2.26. The van der Waals surface area contributed by atoms with Crippen molar-refractivity contribution in [3.8, 4) is 0 Å². The van der Waals surface area contributed by atoms with Crippen LogP contribution in [-0.4, -0.2) is 19.4 Å². The molecule has 0 bridgehead atoms. The molecule has 0 amide bonds. The SMILES string of the molecule is CC1CC1NS(=O)(=O)c1ccc(C(N)=S)s1. The first kappa shape index (κ1) is 12.0. The van der Waals surface area contributed by atoms with E-state index in [1.165, 1.54) is 6.07 Å². The van der Waals surface area contributed by atoms with E-state index < -0.39 is 10.0 Å². The van der Waals surface area contributed by atoms with E-state index >= 15 is 0 Å². The summed E-state index contributed by atoms with van der Waals surface area (Å²) in [5.41, 5.74) is 5.43. The summed E-state index contributed by atoms with van der Waals surface area (Å²) in [6.07, 6.45) is 0.909. The zero-order chi connectivity index (χ0) is 11.9. The van der Waals surface area contributed by atoms with Crippen LogP contribution in [0.4, 0.5) is 0 Å². The van der Waals surface area contributed by atoms with Gasteiger partial charge < -0.3 is 5.73 Å². The van der Waals surface area contributed by atoms with Crippen LogP contribution in [0, 0.1) is 5.92 Å². The lowest BCUT2D eigenvalue weighted by molar-refractivity contribution is 0.580. The molecule has 7 heteroatoms. The monoisotopic (exact) mass is 276 g/mol. The van der Waals surface area contributed by atoms with E-state index in [9.17, 15) is 8.42 Å². The minimum atomic E-state index is -3.39. The summed E-state index contributed by atoms with van der Waals surface area (Å²) in [4.78, 5) is 0.852. The fourth-order valence-corrected chi connectivity index (χ4v) is 4.07. The number of hydrogen-bond donors (Lipinski definition) is 2. The first-order valence-corrected chi connectivity index (χ1v) is 7.53. The predicted octanol–water partition coefficient (Wildman–Crippen LogP) is 1.07. The molecule has 2 unspecified atom stereocenters. The van der Waals surface area contributed by atoms with Crippen molar-refractivity contribution >= 4 is 38.6 Å². The summed E-state index contributed by atoms with van der Waals surface area (Å²) in [7, 11) is -3.39. The number of sulfonamides is 1. The standard InChI is InChI=1S/C9H12N2O2S3/c1-5-4-6(5)11-16(12,13)8-3-2-7(15-8)9(10)14/h2-3,5-6,11H,4H2,1H3,(H2,10,14). The summed E-state index contributed by atoms with van der Waals surface area (Å²) in [6.45, 7) is 2.02. The summed E-state index contributed by atoms with van der Waals surface area (Å²) < 4.78 is 26.7. The molecule has 0 spiro atoms. The quantitative estimate of drug-likeness (QED) is 0.807. The number of rotatable bonds is 4. The van der Waals surface area contributed by atoms with Crippen molar-refractivity contribution in [2.24, 2.45) is 11.7 Å². The Labute approximate surface area is 104 Å². The third kappa shape index (κ3) is 2.42. The van der Waals surface area contributed by atoms with Crippen LogP contribution >= 0.6 is 23.6 Å². The molecule has 2 rings (SSSR count). The van der Waals surface area contributed by atoms with E-state index in [0.29, 0.717) is 10.8 Å². The predicted molar refractivity (Wildman–Crippen MR) is 68.1 cm³/mol. The van der Waals surface area contributed by atoms with Gasteiger partial charge in [-0.1, -0.05) is 19.1 Å². The minimum Gasteiger partial charge on any atom is -0.389 e. The molecule has 4 nitrogen and oxygen atoms in total. The normalized spacial score (nSPS) is 24.3. The maximum absolute atomic E-state index is 11.9. The van der Waals surface area contributed by atoms with Gasteiger partial charge in [0.05, 0.1) is 4.88 Å². The highest BCUT2D eigenvalue weighted by atomic mass is 32.2. The Morgan fingerprint density at radius 1 is 1.62 bits per heavy atom. The van der Waals surface area contributed by atoms with Gasteiger partial charge in [-0.3, -0.25) is 0 Å². The highest BCUT2D eigenvalue weighted by Crippen LogP contribution is 2.31. The first-order valence-electron chi connectivity index (χ1n) is 4.82. The van der Waals surface area contributed by atoms with Crippen molar-refractivity contribution in [2.75, 3.05) is 0 Å². The second-order valence-corrected chi connectivity index (χ2v) is 7.39. The van der Waals surface area contributed by atoms with Crippen LogP contribution in [0.3, 0.4) is 0 Å². The van der Waals surface area contributed by atoms with Crippen LogP contribution < -0.4 is 10.5 Å². The lowest BCUT2D eigenvalue weighted by atomic mass is 10.5. The number of nitrogens with one attached hydrogen (secondary N) is 1. The van der Waals surface area contributed by atoms with Crippen LogP contribution in [0.25, 0.3) is 0 Å². The van der Waals surface area contributed by atoms with E-state index in [1.807, 2.05) is 6.92 Å². The van der Waals surface area contributed by atoms with Gasteiger partial charge in [-0.05, 0) is 24.5 Å². The number of thiocarbonyl (C=S) groups is 1. The topological polar surface area (TPSA) is 72.2 Å². The summed E-state index contributed by atoms with van der Waals surface area (Å²) >= 11 is 5.89. The Morgan fingerprint density at radius 3 is 2.69 bits per heavy atom. The van der Waals surface area contributed by atoms with Gasteiger partial charge in [0.1, 0.15) is 9.20 Å². The molecule has 1 saturated carbocycles. The fraction of sp³-hybridized carbons (Fsp3) is 0.444. The molecule has 88 valence electrons. The molecule has 0 aliphatic heterocycles. The summed E-state index contributed by atoms with van der Waals surface area (Å²) in [5, 5.41) is 0. The molecule has 1 aliphatic carbocycles. The molecule has 0 aromatic carbocycles. The number of thiophene rings is 1. The molecule has 1 aromatic rings. The Balaban J connectivity index is 2.18. The highest BCUT2D eigenvalue weighted by Gasteiger charge is 2.36. The molecule has 1 aliphatic rings. The van der Waals surface area contributed by atoms with Crippen LogP contribution in [-0.2, 0) is 10.0 Å². The van der Waals surface area contributed by atoms with Crippen molar-refractivity contribution in [2.45, 2.75) is 23.6 Å².